The van der Waals surface area contributed by atoms with Gasteiger partial charge in [-0.3, -0.25) is 4.79 Å². The first-order valence-corrected chi connectivity index (χ1v) is 9.00. The number of aryl methyl sites for hydroxylation is 2. The number of aromatic nitrogens is 1. The van der Waals surface area contributed by atoms with Crippen LogP contribution in [0.5, 0.6) is 0 Å². The Kier molecular flexibility index (Phi) is 4.73. The van der Waals surface area contributed by atoms with Gasteiger partial charge in [0.05, 0.1) is 6.26 Å². The summed E-state index contributed by atoms with van der Waals surface area (Å²) in [5.41, 5.74) is 3.24. The second-order valence-electron chi connectivity index (χ2n) is 5.76. The predicted octanol–water partition coefficient (Wildman–Crippen LogP) is 0.919. The largest absolute Gasteiger partial charge is 0.362 e. The van der Waals surface area contributed by atoms with Gasteiger partial charge >= 0.3 is 0 Å². The number of piperidine rings is 1. The third-order valence-electron chi connectivity index (χ3n) is 4.00. The second kappa shape index (κ2) is 6.19. The van der Waals surface area contributed by atoms with E-state index in [2.05, 4.69) is 10.3 Å². The fourth-order valence-electron chi connectivity index (χ4n) is 2.74. The summed E-state index contributed by atoms with van der Waals surface area (Å²) in [7, 11) is -3.14. The minimum Gasteiger partial charge on any atom is -0.362 e. The van der Waals surface area contributed by atoms with Crippen LogP contribution in [0.25, 0.3) is 0 Å². The average Bonchev–Trinajstić information content (AvgIpc) is 2.73. The van der Waals surface area contributed by atoms with E-state index in [0.717, 1.165) is 17.0 Å². The summed E-state index contributed by atoms with van der Waals surface area (Å²) < 4.78 is 24.3. The first-order valence-electron chi connectivity index (χ1n) is 7.15. The molecule has 2 heterocycles. The standard InChI is InChI=1S/C14H23N3O3S/c1-10-8-13(11(2)16-10)9-15-14(18)12-4-6-17(7-5-12)21(3,19)20/h8,12,16H,4-7,9H2,1-3H3,(H,15,18). The summed E-state index contributed by atoms with van der Waals surface area (Å²) in [5.74, 6) is -0.0789. The third kappa shape index (κ3) is 4.07. The lowest BCUT2D eigenvalue weighted by Crippen LogP contribution is -2.42. The molecule has 2 rings (SSSR count). The molecule has 0 atom stereocenters. The van der Waals surface area contributed by atoms with Crippen LogP contribution in [0.15, 0.2) is 6.07 Å². The maximum Gasteiger partial charge on any atom is 0.223 e. The molecule has 0 aliphatic carbocycles. The van der Waals surface area contributed by atoms with Gasteiger partial charge in [-0.1, -0.05) is 0 Å². The van der Waals surface area contributed by atoms with E-state index >= 15 is 0 Å². The summed E-state index contributed by atoms with van der Waals surface area (Å²) in [6.07, 6.45) is 2.39. The number of nitrogens with zero attached hydrogens (tertiary/aromatic N) is 1. The number of aromatic amines is 1. The van der Waals surface area contributed by atoms with Crippen molar-refractivity contribution < 1.29 is 13.2 Å². The molecular weight excluding hydrogens is 290 g/mol. The molecule has 2 N–H and O–H groups in total. The van der Waals surface area contributed by atoms with Gasteiger partial charge in [-0.2, -0.15) is 0 Å². The number of hydrogen-bond acceptors (Lipinski definition) is 3. The van der Waals surface area contributed by atoms with E-state index in [1.807, 2.05) is 19.9 Å². The molecule has 1 aromatic heterocycles. The van der Waals surface area contributed by atoms with Crippen LogP contribution in [0.2, 0.25) is 0 Å². The van der Waals surface area contributed by atoms with Crippen molar-refractivity contribution in [3.63, 3.8) is 0 Å². The van der Waals surface area contributed by atoms with Gasteiger partial charge in [0.15, 0.2) is 0 Å². The van der Waals surface area contributed by atoms with Crippen molar-refractivity contribution in [2.45, 2.75) is 33.2 Å². The van der Waals surface area contributed by atoms with Gasteiger partial charge in [-0.05, 0) is 38.3 Å². The number of carbonyl (C=O) groups is 1. The molecule has 0 unspecified atom stereocenters. The van der Waals surface area contributed by atoms with Crippen LogP contribution in [0.1, 0.15) is 29.8 Å². The van der Waals surface area contributed by atoms with Crippen LogP contribution in [0.4, 0.5) is 0 Å². The van der Waals surface area contributed by atoms with Crippen LogP contribution in [0.3, 0.4) is 0 Å². The number of H-pyrrole nitrogens is 1. The first-order chi connectivity index (χ1) is 9.77. The van der Waals surface area contributed by atoms with E-state index in [1.165, 1.54) is 10.6 Å². The molecule has 21 heavy (non-hydrogen) atoms. The first kappa shape index (κ1) is 16.0. The van der Waals surface area contributed by atoms with Gasteiger partial charge in [0.1, 0.15) is 0 Å². The molecule has 118 valence electrons. The van der Waals surface area contributed by atoms with Gasteiger partial charge in [0.25, 0.3) is 0 Å². The van der Waals surface area contributed by atoms with Crippen molar-refractivity contribution in [2.24, 2.45) is 5.92 Å². The SMILES string of the molecule is Cc1cc(CNC(=O)C2CCN(S(C)(=O)=O)CC2)c(C)[nH]1. The van der Waals surface area contributed by atoms with Gasteiger partial charge in [0.2, 0.25) is 15.9 Å². The molecule has 6 nitrogen and oxygen atoms in total. The normalized spacial score (nSPS) is 17.9. The zero-order chi connectivity index (χ0) is 15.6. The predicted molar refractivity (Wildman–Crippen MR) is 81.3 cm³/mol. The van der Waals surface area contributed by atoms with E-state index in [0.29, 0.717) is 32.5 Å². The zero-order valence-corrected chi connectivity index (χ0v) is 13.6. The van der Waals surface area contributed by atoms with Crippen molar-refractivity contribution in [1.29, 1.82) is 0 Å². The number of sulfonamides is 1. The monoisotopic (exact) mass is 313 g/mol. The Labute approximate surface area is 126 Å². The van der Waals surface area contributed by atoms with E-state index < -0.39 is 10.0 Å². The summed E-state index contributed by atoms with van der Waals surface area (Å²) in [5, 5.41) is 2.95. The average molecular weight is 313 g/mol. The smallest absolute Gasteiger partial charge is 0.223 e. The molecule has 0 aromatic carbocycles. The number of hydrogen-bond donors (Lipinski definition) is 2. The van der Waals surface area contributed by atoms with Gasteiger partial charge in [-0.25, -0.2) is 12.7 Å². The quantitative estimate of drug-likeness (QED) is 0.867. The molecule has 1 amide bonds. The van der Waals surface area contributed by atoms with Crippen molar-refractivity contribution in [1.82, 2.24) is 14.6 Å². The number of carbonyl (C=O) groups excluding carboxylic acids is 1. The topological polar surface area (TPSA) is 82.3 Å². The fraction of sp³-hybridized carbons (Fsp3) is 0.643. The van der Waals surface area contributed by atoms with Crippen LogP contribution in [-0.4, -0.2) is 43.0 Å². The van der Waals surface area contributed by atoms with Crippen LogP contribution in [0, 0.1) is 19.8 Å². The van der Waals surface area contributed by atoms with Gasteiger partial charge in [0, 0.05) is 36.9 Å². The Bertz CT molecular complexity index is 613. The lowest BCUT2D eigenvalue weighted by atomic mass is 9.97. The number of amides is 1. The molecule has 1 aliphatic heterocycles. The third-order valence-corrected chi connectivity index (χ3v) is 5.31. The molecule has 7 heteroatoms. The molecule has 0 saturated carbocycles. The zero-order valence-electron chi connectivity index (χ0n) is 12.8. The minimum absolute atomic E-state index is 0.0152. The Morgan fingerprint density at radius 1 is 1.38 bits per heavy atom. The highest BCUT2D eigenvalue weighted by Crippen LogP contribution is 2.19. The Morgan fingerprint density at radius 3 is 2.48 bits per heavy atom. The summed E-state index contributed by atoms with van der Waals surface area (Å²) >= 11 is 0. The van der Waals surface area contributed by atoms with Crippen molar-refractivity contribution >= 4 is 15.9 Å². The summed E-state index contributed by atoms with van der Waals surface area (Å²) in [4.78, 5) is 15.4. The molecule has 1 aromatic rings. The van der Waals surface area contributed by atoms with Crippen LogP contribution in [-0.2, 0) is 21.4 Å². The Morgan fingerprint density at radius 2 is 2.00 bits per heavy atom. The summed E-state index contributed by atoms with van der Waals surface area (Å²) in [6.45, 7) is 5.35. The molecule has 1 fully saturated rings. The van der Waals surface area contributed by atoms with Crippen molar-refractivity contribution in [3.05, 3.63) is 23.0 Å². The highest BCUT2D eigenvalue weighted by molar-refractivity contribution is 7.88. The molecular formula is C14H23N3O3S. The highest BCUT2D eigenvalue weighted by atomic mass is 32.2. The second-order valence-corrected chi connectivity index (χ2v) is 7.74. The van der Waals surface area contributed by atoms with Crippen LogP contribution >= 0.6 is 0 Å². The summed E-state index contributed by atoms with van der Waals surface area (Å²) in [6, 6.07) is 2.03. The molecule has 0 radical (unpaired) electrons. The minimum atomic E-state index is -3.14. The van der Waals surface area contributed by atoms with Crippen LogP contribution < -0.4 is 5.32 Å². The fourth-order valence-corrected chi connectivity index (χ4v) is 3.62. The van der Waals surface area contributed by atoms with E-state index in [-0.39, 0.29) is 11.8 Å². The number of rotatable bonds is 4. The van der Waals surface area contributed by atoms with Gasteiger partial charge in [-0.15, -0.1) is 0 Å². The maximum atomic E-state index is 12.2. The molecule has 0 bridgehead atoms. The van der Waals surface area contributed by atoms with E-state index in [1.54, 1.807) is 0 Å². The van der Waals surface area contributed by atoms with Gasteiger partial charge < -0.3 is 10.3 Å². The van der Waals surface area contributed by atoms with Crippen molar-refractivity contribution in [2.75, 3.05) is 19.3 Å². The number of nitrogens with one attached hydrogen (secondary N) is 2. The lowest BCUT2D eigenvalue weighted by molar-refractivity contribution is -0.126. The Hall–Kier alpha value is -1.34. The Balaban J connectivity index is 1.84. The highest BCUT2D eigenvalue weighted by Gasteiger charge is 2.28. The van der Waals surface area contributed by atoms with Crippen molar-refractivity contribution in [3.8, 4) is 0 Å². The molecule has 1 aliphatic rings. The van der Waals surface area contributed by atoms with E-state index in [4.69, 9.17) is 0 Å². The molecule has 0 spiro atoms. The molecule has 1 saturated heterocycles. The van der Waals surface area contributed by atoms with E-state index in [9.17, 15) is 13.2 Å². The maximum absolute atomic E-state index is 12.2. The lowest BCUT2D eigenvalue weighted by Gasteiger charge is -2.29.